The van der Waals surface area contributed by atoms with Gasteiger partial charge in [-0.25, -0.2) is 4.98 Å². The Balaban J connectivity index is 1.29. The smallest absolute Gasteiger partial charge is 0.223 e. The number of benzene rings is 3. The Hall–Kier alpha value is -3.66. The second-order valence-electron chi connectivity index (χ2n) is 9.21. The highest BCUT2D eigenvalue weighted by Crippen LogP contribution is 2.29. The number of hydrogen-bond acceptors (Lipinski definition) is 3. The van der Waals surface area contributed by atoms with Gasteiger partial charge in [-0.05, 0) is 42.2 Å². The number of aromatic nitrogens is 1. The monoisotopic (exact) mass is 449 g/mol. The van der Waals surface area contributed by atoms with Crippen molar-refractivity contribution in [2.75, 3.05) is 31.1 Å². The number of fused-ring (bicyclic) bond motifs is 1. The number of para-hydroxylation sites is 1. The minimum absolute atomic E-state index is 0.0701. The van der Waals surface area contributed by atoms with Gasteiger partial charge < -0.3 is 9.80 Å². The van der Waals surface area contributed by atoms with Crippen molar-refractivity contribution in [2.45, 2.75) is 26.2 Å². The normalized spacial score (nSPS) is 14.1. The van der Waals surface area contributed by atoms with Crippen LogP contribution in [-0.2, 0) is 4.79 Å². The molecule has 34 heavy (non-hydrogen) atoms. The number of carbonyl (C=O) groups excluding carboxylic acids is 1. The van der Waals surface area contributed by atoms with Crippen LogP contribution in [0, 0.1) is 13.8 Å². The molecule has 2 heterocycles. The third-order valence-electron chi connectivity index (χ3n) is 6.97. The Kier molecular flexibility index (Phi) is 6.31. The van der Waals surface area contributed by atoms with Crippen LogP contribution in [-0.4, -0.2) is 42.0 Å². The summed E-state index contributed by atoms with van der Waals surface area (Å²) in [5.74, 6) is 1.30. The Labute approximate surface area is 201 Å². The molecular formula is C30H31N3O. The van der Waals surface area contributed by atoms with Crippen LogP contribution in [0.15, 0.2) is 84.9 Å². The predicted molar refractivity (Wildman–Crippen MR) is 139 cm³/mol. The SMILES string of the molecule is Cc1cc(N2CCN(C(=O)CC(c3ccccc3)c3ccccc3)CC2)nc2c(C)cccc12. The Bertz CT molecular complexity index is 1240. The summed E-state index contributed by atoms with van der Waals surface area (Å²) in [7, 11) is 0. The third kappa shape index (κ3) is 4.54. The molecule has 0 radical (unpaired) electrons. The van der Waals surface area contributed by atoms with E-state index in [-0.39, 0.29) is 11.8 Å². The summed E-state index contributed by atoms with van der Waals surface area (Å²) in [5.41, 5.74) is 5.89. The molecule has 5 rings (SSSR count). The van der Waals surface area contributed by atoms with Crippen LogP contribution in [0.5, 0.6) is 0 Å². The van der Waals surface area contributed by atoms with Gasteiger partial charge in [0.15, 0.2) is 0 Å². The molecule has 1 aromatic heterocycles. The molecule has 0 N–H and O–H groups in total. The molecule has 0 saturated carbocycles. The van der Waals surface area contributed by atoms with Crippen LogP contribution >= 0.6 is 0 Å². The molecule has 0 aliphatic carbocycles. The predicted octanol–water partition coefficient (Wildman–Crippen LogP) is 5.72. The molecule has 1 amide bonds. The number of nitrogens with zero attached hydrogens (tertiary/aromatic N) is 3. The van der Waals surface area contributed by atoms with Gasteiger partial charge >= 0.3 is 0 Å². The molecule has 4 nitrogen and oxygen atoms in total. The average molecular weight is 450 g/mol. The lowest BCUT2D eigenvalue weighted by molar-refractivity contribution is -0.131. The van der Waals surface area contributed by atoms with Gasteiger partial charge in [0.2, 0.25) is 5.91 Å². The van der Waals surface area contributed by atoms with Crippen LogP contribution in [0.4, 0.5) is 5.82 Å². The number of hydrogen-bond donors (Lipinski definition) is 0. The summed E-state index contributed by atoms with van der Waals surface area (Å²) < 4.78 is 0. The van der Waals surface area contributed by atoms with Crippen molar-refractivity contribution in [3.05, 3.63) is 107 Å². The highest BCUT2D eigenvalue weighted by atomic mass is 16.2. The van der Waals surface area contributed by atoms with E-state index in [9.17, 15) is 4.79 Å². The standard InChI is InChI=1S/C30H31N3O/c1-22-10-9-15-26-23(2)20-28(31-30(22)26)32-16-18-33(19-17-32)29(34)21-27(24-11-5-3-6-12-24)25-13-7-4-8-14-25/h3-15,20,27H,16-19,21H2,1-2H3. The Morgan fingerprint density at radius 1 is 0.794 bits per heavy atom. The minimum atomic E-state index is 0.0701. The van der Waals surface area contributed by atoms with Crippen LogP contribution in [0.25, 0.3) is 10.9 Å². The van der Waals surface area contributed by atoms with Gasteiger partial charge in [-0.15, -0.1) is 0 Å². The maximum Gasteiger partial charge on any atom is 0.223 e. The number of aryl methyl sites for hydroxylation is 2. The number of pyridine rings is 1. The zero-order valence-electron chi connectivity index (χ0n) is 19.9. The highest BCUT2D eigenvalue weighted by Gasteiger charge is 2.26. The average Bonchev–Trinajstić information content (AvgIpc) is 2.89. The summed E-state index contributed by atoms with van der Waals surface area (Å²) in [5, 5.41) is 1.21. The molecule has 1 aliphatic heterocycles. The molecule has 0 atom stereocenters. The number of rotatable bonds is 5. The molecule has 4 heteroatoms. The van der Waals surface area contributed by atoms with Crippen LogP contribution < -0.4 is 4.90 Å². The Morgan fingerprint density at radius 3 is 2.03 bits per heavy atom. The van der Waals surface area contributed by atoms with Crippen molar-refractivity contribution in [3.8, 4) is 0 Å². The van der Waals surface area contributed by atoms with E-state index in [1.807, 2.05) is 17.0 Å². The molecule has 0 bridgehead atoms. The van der Waals surface area contributed by atoms with E-state index in [1.165, 1.54) is 27.6 Å². The molecule has 172 valence electrons. The van der Waals surface area contributed by atoms with Gasteiger partial charge in [0.1, 0.15) is 5.82 Å². The van der Waals surface area contributed by atoms with Gasteiger partial charge in [-0.1, -0.05) is 78.9 Å². The fourth-order valence-electron chi connectivity index (χ4n) is 4.99. The van der Waals surface area contributed by atoms with Crippen LogP contribution in [0.2, 0.25) is 0 Å². The fraction of sp³-hybridized carbons (Fsp3) is 0.267. The van der Waals surface area contributed by atoms with Gasteiger partial charge in [0.25, 0.3) is 0 Å². The van der Waals surface area contributed by atoms with Crippen molar-refractivity contribution in [1.82, 2.24) is 9.88 Å². The molecule has 1 aliphatic rings. The van der Waals surface area contributed by atoms with E-state index >= 15 is 0 Å². The van der Waals surface area contributed by atoms with Crippen molar-refractivity contribution in [2.24, 2.45) is 0 Å². The molecule has 3 aromatic carbocycles. The second-order valence-corrected chi connectivity index (χ2v) is 9.21. The van der Waals surface area contributed by atoms with E-state index < -0.39 is 0 Å². The van der Waals surface area contributed by atoms with Gasteiger partial charge in [-0.2, -0.15) is 0 Å². The summed E-state index contributed by atoms with van der Waals surface area (Å²) in [6.07, 6.45) is 0.487. The topological polar surface area (TPSA) is 36.4 Å². The lowest BCUT2D eigenvalue weighted by Crippen LogP contribution is -2.49. The maximum absolute atomic E-state index is 13.4. The van der Waals surface area contributed by atoms with Crippen molar-refractivity contribution in [1.29, 1.82) is 0 Å². The molecule has 0 unspecified atom stereocenters. The van der Waals surface area contributed by atoms with Crippen LogP contribution in [0.1, 0.15) is 34.6 Å². The van der Waals surface area contributed by atoms with E-state index in [0.29, 0.717) is 6.42 Å². The van der Waals surface area contributed by atoms with E-state index in [4.69, 9.17) is 4.98 Å². The summed E-state index contributed by atoms with van der Waals surface area (Å²) in [4.78, 5) is 22.7. The number of piperazine rings is 1. The molecule has 1 saturated heterocycles. The fourth-order valence-corrected chi connectivity index (χ4v) is 4.99. The van der Waals surface area contributed by atoms with E-state index in [0.717, 1.165) is 37.5 Å². The lowest BCUT2D eigenvalue weighted by Gasteiger charge is -2.36. The lowest BCUT2D eigenvalue weighted by atomic mass is 9.88. The maximum atomic E-state index is 13.4. The molecule has 1 fully saturated rings. The summed E-state index contributed by atoms with van der Waals surface area (Å²) in [6.45, 7) is 7.32. The van der Waals surface area contributed by atoms with Crippen molar-refractivity contribution < 1.29 is 4.79 Å². The number of anilines is 1. The van der Waals surface area contributed by atoms with Crippen LogP contribution in [0.3, 0.4) is 0 Å². The largest absolute Gasteiger partial charge is 0.353 e. The van der Waals surface area contributed by atoms with Gasteiger partial charge in [0, 0.05) is 43.9 Å². The molecule has 0 spiro atoms. The third-order valence-corrected chi connectivity index (χ3v) is 6.97. The number of amides is 1. The van der Waals surface area contributed by atoms with E-state index in [1.54, 1.807) is 0 Å². The van der Waals surface area contributed by atoms with E-state index in [2.05, 4.69) is 91.5 Å². The molecule has 4 aromatic rings. The summed E-state index contributed by atoms with van der Waals surface area (Å²) >= 11 is 0. The first-order chi connectivity index (χ1) is 16.6. The number of carbonyl (C=O) groups is 1. The van der Waals surface area contributed by atoms with Gasteiger partial charge in [-0.3, -0.25) is 4.79 Å². The zero-order chi connectivity index (χ0) is 23.5. The van der Waals surface area contributed by atoms with Crippen molar-refractivity contribution in [3.63, 3.8) is 0 Å². The summed E-state index contributed by atoms with van der Waals surface area (Å²) in [6, 6.07) is 29.3. The second kappa shape index (κ2) is 9.68. The first kappa shape index (κ1) is 22.1. The minimum Gasteiger partial charge on any atom is -0.353 e. The Morgan fingerprint density at radius 2 is 1.41 bits per heavy atom. The zero-order valence-corrected chi connectivity index (χ0v) is 19.9. The first-order valence-electron chi connectivity index (χ1n) is 12.1. The van der Waals surface area contributed by atoms with Crippen molar-refractivity contribution >= 4 is 22.6 Å². The highest BCUT2D eigenvalue weighted by molar-refractivity contribution is 5.86. The quantitative estimate of drug-likeness (QED) is 0.391. The van der Waals surface area contributed by atoms with Gasteiger partial charge in [0.05, 0.1) is 5.52 Å². The first-order valence-corrected chi connectivity index (χ1v) is 12.1. The molecular weight excluding hydrogens is 418 g/mol.